The van der Waals surface area contributed by atoms with Gasteiger partial charge in [-0.15, -0.1) is 0 Å². The van der Waals surface area contributed by atoms with Gasteiger partial charge in [0.2, 0.25) is 0 Å². The van der Waals surface area contributed by atoms with Gasteiger partial charge >= 0.3 is 0 Å². The van der Waals surface area contributed by atoms with Crippen LogP contribution in [-0.4, -0.2) is 16.6 Å². The Morgan fingerprint density at radius 1 is 1.47 bits per heavy atom. The first kappa shape index (κ1) is 12.0. The minimum absolute atomic E-state index is 0.0813. The molecule has 0 heterocycles. The monoisotopic (exact) mass is 209 g/mol. The fraction of sp³-hybridized carbons (Fsp3) is 0.667. The van der Waals surface area contributed by atoms with Gasteiger partial charge in [-0.25, -0.2) is 0 Å². The first-order valence-corrected chi connectivity index (χ1v) is 5.40. The van der Waals surface area contributed by atoms with Gasteiger partial charge in [0.15, 0.2) is 5.78 Å². The van der Waals surface area contributed by atoms with Gasteiger partial charge in [0.05, 0.1) is 5.57 Å². The van der Waals surface area contributed by atoms with Gasteiger partial charge in [0.25, 0.3) is 0 Å². The number of hydrogen-bond acceptors (Lipinski definition) is 3. The fourth-order valence-corrected chi connectivity index (χ4v) is 2.02. The van der Waals surface area contributed by atoms with Crippen molar-refractivity contribution in [3.05, 3.63) is 11.3 Å². The zero-order valence-corrected chi connectivity index (χ0v) is 9.68. The number of carbonyl (C=O) groups is 1. The van der Waals surface area contributed by atoms with Crippen molar-refractivity contribution in [3.63, 3.8) is 0 Å². The van der Waals surface area contributed by atoms with Crippen LogP contribution < -0.4 is 0 Å². The van der Waals surface area contributed by atoms with Gasteiger partial charge in [0.1, 0.15) is 5.76 Å². The highest BCUT2D eigenvalue weighted by atomic mass is 16.3. The molecule has 0 amide bonds. The standard InChI is InChI=1S/C12H19NO2/c1-4-5-9(14)11-8(13)6-12(2,3)7-10(11)15/h13-14H,4-7H2,1-3H3/b11-9-,13-8?. The normalized spacial score (nSPS) is 24.2. The van der Waals surface area contributed by atoms with E-state index in [1.54, 1.807) is 0 Å². The van der Waals surface area contributed by atoms with Crippen LogP contribution in [0.3, 0.4) is 0 Å². The summed E-state index contributed by atoms with van der Waals surface area (Å²) in [6, 6.07) is 0. The molecular formula is C12H19NO2. The van der Waals surface area contributed by atoms with E-state index in [-0.39, 0.29) is 22.5 Å². The first-order valence-electron chi connectivity index (χ1n) is 5.40. The summed E-state index contributed by atoms with van der Waals surface area (Å²) < 4.78 is 0. The van der Waals surface area contributed by atoms with Crippen molar-refractivity contribution >= 4 is 11.5 Å². The lowest BCUT2D eigenvalue weighted by atomic mass is 9.73. The molecule has 0 unspecified atom stereocenters. The molecule has 0 spiro atoms. The molecule has 0 radical (unpaired) electrons. The van der Waals surface area contributed by atoms with Crippen molar-refractivity contribution in [2.45, 2.75) is 46.5 Å². The largest absolute Gasteiger partial charge is 0.511 e. The number of ketones is 1. The van der Waals surface area contributed by atoms with E-state index >= 15 is 0 Å². The third kappa shape index (κ3) is 2.67. The Labute approximate surface area is 90.7 Å². The Morgan fingerprint density at radius 2 is 2.07 bits per heavy atom. The van der Waals surface area contributed by atoms with Crippen molar-refractivity contribution in [3.8, 4) is 0 Å². The summed E-state index contributed by atoms with van der Waals surface area (Å²) in [5.74, 6) is 0.0187. The number of rotatable bonds is 2. The highest BCUT2D eigenvalue weighted by Crippen LogP contribution is 2.34. The quantitative estimate of drug-likeness (QED) is 0.542. The van der Waals surface area contributed by atoms with E-state index in [1.807, 2.05) is 20.8 Å². The molecule has 3 heteroatoms. The molecule has 1 aliphatic rings. The third-order valence-electron chi connectivity index (χ3n) is 2.65. The first-order chi connectivity index (χ1) is 6.87. The van der Waals surface area contributed by atoms with E-state index in [0.29, 0.717) is 25.0 Å². The molecule has 3 nitrogen and oxygen atoms in total. The molecule has 15 heavy (non-hydrogen) atoms. The Kier molecular flexibility index (Phi) is 3.32. The average molecular weight is 209 g/mol. The molecule has 2 N–H and O–H groups in total. The molecule has 0 aromatic rings. The predicted molar refractivity (Wildman–Crippen MR) is 60.3 cm³/mol. The van der Waals surface area contributed by atoms with E-state index in [9.17, 15) is 9.90 Å². The summed E-state index contributed by atoms with van der Waals surface area (Å²) in [5.41, 5.74) is 0.433. The molecule has 1 rings (SSSR count). The van der Waals surface area contributed by atoms with Gasteiger partial charge in [0, 0.05) is 18.6 Å². The Balaban J connectivity index is 2.98. The lowest BCUT2D eigenvalue weighted by molar-refractivity contribution is -0.117. The zero-order chi connectivity index (χ0) is 11.6. The van der Waals surface area contributed by atoms with Gasteiger partial charge in [-0.1, -0.05) is 20.8 Å². The van der Waals surface area contributed by atoms with Crippen LogP contribution in [0.25, 0.3) is 0 Å². The molecule has 84 valence electrons. The number of carbonyl (C=O) groups excluding carboxylic acids is 1. The number of allylic oxidation sites excluding steroid dienone is 2. The fourth-order valence-electron chi connectivity index (χ4n) is 2.02. The number of nitrogens with one attached hydrogen (secondary N) is 1. The van der Waals surface area contributed by atoms with Crippen molar-refractivity contribution < 1.29 is 9.90 Å². The second-order valence-electron chi connectivity index (χ2n) is 4.99. The van der Waals surface area contributed by atoms with Crippen molar-refractivity contribution in [2.24, 2.45) is 5.41 Å². The summed E-state index contributed by atoms with van der Waals surface area (Å²) in [5, 5.41) is 17.5. The number of aliphatic hydroxyl groups excluding tert-OH is 1. The number of Topliss-reactive ketones (excluding diaryl/α,β-unsaturated/α-hetero) is 1. The van der Waals surface area contributed by atoms with Gasteiger partial charge in [-0.05, 0) is 18.3 Å². The molecule has 0 aromatic carbocycles. The van der Waals surface area contributed by atoms with E-state index in [2.05, 4.69) is 0 Å². The molecule has 1 aliphatic carbocycles. The van der Waals surface area contributed by atoms with Crippen LogP contribution in [0, 0.1) is 10.8 Å². The van der Waals surface area contributed by atoms with Crippen LogP contribution in [0.5, 0.6) is 0 Å². The van der Waals surface area contributed by atoms with Gasteiger partial charge in [-0.2, -0.15) is 0 Å². The summed E-state index contributed by atoms with van der Waals surface area (Å²) in [6.07, 6.45) is 2.28. The summed E-state index contributed by atoms with van der Waals surface area (Å²) >= 11 is 0. The van der Waals surface area contributed by atoms with E-state index in [4.69, 9.17) is 5.41 Å². The van der Waals surface area contributed by atoms with Crippen molar-refractivity contribution in [1.29, 1.82) is 5.41 Å². The van der Waals surface area contributed by atoms with Crippen molar-refractivity contribution in [1.82, 2.24) is 0 Å². The summed E-state index contributed by atoms with van der Waals surface area (Å²) in [7, 11) is 0. The van der Waals surface area contributed by atoms with Crippen LogP contribution >= 0.6 is 0 Å². The lowest BCUT2D eigenvalue weighted by Gasteiger charge is -2.30. The van der Waals surface area contributed by atoms with E-state index in [0.717, 1.165) is 6.42 Å². The zero-order valence-electron chi connectivity index (χ0n) is 9.68. The lowest BCUT2D eigenvalue weighted by Crippen LogP contribution is -2.32. The van der Waals surface area contributed by atoms with Crippen LogP contribution in [0.15, 0.2) is 11.3 Å². The second kappa shape index (κ2) is 4.17. The third-order valence-corrected chi connectivity index (χ3v) is 2.65. The maximum atomic E-state index is 11.8. The average Bonchev–Trinajstić information content (AvgIpc) is 1.99. The molecule has 1 fully saturated rings. The molecule has 1 saturated carbocycles. The summed E-state index contributed by atoms with van der Waals surface area (Å²) in [6.45, 7) is 5.90. The van der Waals surface area contributed by atoms with Crippen LogP contribution in [0.1, 0.15) is 46.5 Å². The second-order valence-corrected chi connectivity index (χ2v) is 4.99. The number of aliphatic hydroxyl groups is 1. The smallest absolute Gasteiger partial charge is 0.168 e. The van der Waals surface area contributed by atoms with Gasteiger partial charge < -0.3 is 10.5 Å². The Bertz CT molecular complexity index is 305. The molecule has 0 atom stereocenters. The van der Waals surface area contributed by atoms with Crippen LogP contribution in [0.4, 0.5) is 0 Å². The SMILES string of the molecule is CCC/C(O)=C1\C(=N)CC(C)(C)CC1=O. The molecule has 0 aromatic heterocycles. The van der Waals surface area contributed by atoms with Crippen molar-refractivity contribution in [2.75, 3.05) is 0 Å². The van der Waals surface area contributed by atoms with Gasteiger partial charge in [-0.3, -0.25) is 4.79 Å². The van der Waals surface area contributed by atoms with E-state index in [1.165, 1.54) is 0 Å². The Morgan fingerprint density at radius 3 is 2.53 bits per heavy atom. The predicted octanol–water partition coefficient (Wildman–Crippen LogP) is 3.01. The van der Waals surface area contributed by atoms with Crippen LogP contribution in [-0.2, 0) is 4.79 Å². The molecular weight excluding hydrogens is 190 g/mol. The molecule has 0 aliphatic heterocycles. The number of hydrogen-bond donors (Lipinski definition) is 2. The molecule has 0 saturated heterocycles. The Hall–Kier alpha value is -1.12. The topological polar surface area (TPSA) is 61.1 Å². The van der Waals surface area contributed by atoms with Crippen LogP contribution in [0.2, 0.25) is 0 Å². The maximum absolute atomic E-state index is 11.8. The maximum Gasteiger partial charge on any atom is 0.168 e. The molecule has 0 bridgehead atoms. The highest BCUT2D eigenvalue weighted by molar-refractivity contribution is 6.23. The van der Waals surface area contributed by atoms with E-state index < -0.39 is 0 Å². The minimum atomic E-state index is -0.135. The highest BCUT2D eigenvalue weighted by Gasteiger charge is 2.35. The summed E-state index contributed by atoms with van der Waals surface area (Å²) in [4.78, 5) is 11.8. The minimum Gasteiger partial charge on any atom is -0.511 e.